The Morgan fingerprint density at radius 2 is 0.661 bits per heavy atom. The summed E-state index contributed by atoms with van der Waals surface area (Å²) >= 11 is 0. The number of ether oxygens (including phenoxy) is 17. The molecule has 31 N–H and O–H groups in total. The molecule has 9 fully saturated rings. The predicted octanol–water partition coefficient (Wildman–Crippen LogP) is -20.7. The molecule has 0 spiro atoms. The van der Waals surface area contributed by atoms with E-state index in [2.05, 4.69) is 26.6 Å². The van der Waals surface area contributed by atoms with Gasteiger partial charge >= 0.3 is 5.97 Å². The van der Waals surface area contributed by atoms with Crippen molar-refractivity contribution in [1.82, 2.24) is 26.6 Å². The van der Waals surface area contributed by atoms with E-state index in [0.717, 1.165) is 34.6 Å². The average Bonchev–Trinajstić information content (AvgIpc) is 0.755. The Morgan fingerprint density at radius 1 is 0.339 bits per heavy atom. The molecule has 0 aromatic heterocycles. The lowest BCUT2D eigenvalue weighted by Gasteiger charge is -2.51. The van der Waals surface area contributed by atoms with E-state index in [-0.39, 0.29) is 0 Å². The second kappa shape index (κ2) is 43.3. The smallest absolute Gasteiger partial charge is 0.364 e. The lowest BCUT2D eigenvalue weighted by molar-refractivity contribution is -0.388. The van der Waals surface area contributed by atoms with Crippen LogP contribution in [0.25, 0.3) is 0 Å². The van der Waals surface area contributed by atoms with Crippen molar-refractivity contribution in [1.29, 1.82) is 0 Å². The zero-order chi connectivity index (χ0) is 89.6. The van der Waals surface area contributed by atoms with E-state index in [9.17, 15) is 162 Å². The van der Waals surface area contributed by atoms with E-state index in [1.807, 2.05) is 0 Å². The fourth-order valence-electron chi connectivity index (χ4n) is 15.6. The average molecular weight is 1770 g/mol. The Kier molecular flexibility index (Phi) is 35.7. The molecule has 0 aromatic carbocycles. The Morgan fingerprint density at radius 3 is 1.07 bits per heavy atom. The topological polar surface area (TPSA) is 845 Å². The largest absolute Gasteiger partial charge is 0.477 e. The predicted molar refractivity (Wildman–Crippen MR) is 372 cm³/mol. The summed E-state index contributed by atoms with van der Waals surface area (Å²) in [6.07, 6.45) is -85.7. The molecule has 121 heavy (non-hydrogen) atoms. The second-order valence-corrected chi connectivity index (χ2v) is 30.3. The molecule has 9 aliphatic heterocycles. The van der Waals surface area contributed by atoms with Crippen molar-refractivity contribution in [2.45, 2.75) is 323 Å². The molecule has 0 saturated carbocycles. The van der Waals surface area contributed by atoms with Gasteiger partial charge in [0.2, 0.25) is 29.5 Å². The van der Waals surface area contributed by atoms with Gasteiger partial charge in [-0.05, 0) is 0 Å². The standard InChI is InChI=1S/C67H111N5O49/c1-16(81)68-31-21(86)6-67(66(103)104,120-54(31)36(88)22(87)7-73)121-57-42(94)28(13-79)112-65(49(57)101)117-53-35(72-20(5)85)61(108-25(10-76)39(53)91)119-56-41(93)27(12-78)111-64(48(56)100)115-51-33(70-18(3)83)58(102)106-30(43(51)95)15-105-59-32(69-17(2)82)44(96)50(29(14-80)113-59)114-63-47(99)55(40(92)26(11-77)110-63)118-60-34(71-19(4)84)52(38(90)24(9-75)107-60)116-62-46(98)45(97)37(89)23(8-74)109-62/h21-65,73-80,86-102H,6-15H2,1-5H3,(H,68,81)(H,69,82)(H,70,83)(H,71,84)(H,72,85)(H,103,104)/t21-,22+,23+,24+,25+,26+,27+,28+,29+,30+,31+,32+,33+,34+,35+,36+,37-,38+,39+,40-,41-,42-,43-,44+,45-,46+,47+,48+,49+,50+,51+,52+,53+,54+,55-,56-,57-,58+,59+,60-,61-,62-,63-,64-,65-,67-/m0/s1. The molecule has 54 nitrogen and oxygen atoms in total. The van der Waals surface area contributed by atoms with E-state index < -0.39 is 383 Å². The fraction of sp³-hybridized carbons (Fsp3) is 0.910. The SMILES string of the molecule is CC(=O)N[C@@H]1[C@@H](O[C@@H]2O[C@H](CO)[C@H](O)[C@H](O[C@@H]3O[C@H](CO)[C@@H](O)[C@H](O[C@@H]4O[C@H](CO)[C@H](O)[C@H](O[C@]5(C(=O)O)C[C@H](O)[C@@H](NC(C)=O)[C@H]([C@H](O)[C@H](O)CO)O5)[C@H]4O)[C@H]3NC(C)=O)[C@H]2O)[C@@H](O)[C@@H](CO[C@@H]2O[C@H](CO)[C@@H](O[C@@H]3O[C@H](CO)[C@H](O)[C@H](O[C@@H]4O[C@H](CO)[C@@H](O)[C@H](O[C@@H]5O[C@H](CO)[C@H](O)[C@H](O)[C@H]5O)[C@H]4NC(C)=O)[C@H]3O)[C@H](O)[C@H]2NC(C)=O)O[C@H]1O. The molecule has 46 atom stereocenters. The number of hydrogen-bond acceptors (Lipinski definition) is 48. The molecular formula is C67H111N5O49. The summed E-state index contributed by atoms with van der Waals surface area (Å²) in [5.74, 6) is -10.1. The first-order valence-electron chi connectivity index (χ1n) is 38.3. The summed E-state index contributed by atoms with van der Waals surface area (Å²) < 4.78 is 99.5. The van der Waals surface area contributed by atoms with E-state index >= 15 is 0 Å². The molecular weight excluding hydrogens is 1660 g/mol. The van der Waals surface area contributed by atoms with Crippen molar-refractivity contribution in [2.24, 2.45) is 0 Å². The Hall–Kier alpha value is -4.86. The van der Waals surface area contributed by atoms with Gasteiger partial charge in [-0.15, -0.1) is 0 Å². The van der Waals surface area contributed by atoms with Crippen LogP contribution in [0.4, 0.5) is 0 Å². The minimum atomic E-state index is -3.30. The van der Waals surface area contributed by atoms with Gasteiger partial charge in [-0.25, -0.2) is 4.79 Å². The zero-order valence-corrected chi connectivity index (χ0v) is 65.1. The summed E-state index contributed by atoms with van der Waals surface area (Å²) in [4.78, 5) is 77.2. The molecule has 9 saturated heterocycles. The minimum Gasteiger partial charge on any atom is -0.477 e. The second-order valence-electron chi connectivity index (χ2n) is 30.3. The Bertz CT molecular complexity index is 3340. The van der Waals surface area contributed by atoms with Crippen molar-refractivity contribution in [3.05, 3.63) is 0 Å². The highest BCUT2D eigenvalue weighted by molar-refractivity contribution is 5.77. The van der Waals surface area contributed by atoms with Crippen LogP contribution in [-0.2, 0) is 109 Å². The number of carboxylic acid groups (broad SMARTS) is 1. The zero-order valence-electron chi connectivity index (χ0n) is 65.1. The van der Waals surface area contributed by atoms with Crippen LogP contribution in [0.5, 0.6) is 0 Å². The fourth-order valence-corrected chi connectivity index (χ4v) is 15.6. The number of carboxylic acids is 1. The van der Waals surface area contributed by atoms with Crippen LogP contribution in [0.2, 0.25) is 0 Å². The highest BCUT2D eigenvalue weighted by atomic mass is 16.8. The number of aliphatic hydroxyl groups is 25. The summed E-state index contributed by atoms with van der Waals surface area (Å²) in [6.45, 7) is -5.35. The van der Waals surface area contributed by atoms with Gasteiger partial charge in [-0.2, -0.15) is 0 Å². The Labute approximate surface area is 684 Å². The van der Waals surface area contributed by atoms with Gasteiger partial charge in [0.15, 0.2) is 50.3 Å². The maximum absolute atomic E-state index is 13.2. The van der Waals surface area contributed by atoms with Crippen LogP contribution in [0, 0.1) is 0 Å². The third kappa shape index (κ3) is 22.3. The number of carbonyl (C=O) groups excluding carboxylic acids is 5. The van der Waals surface area contributed by atoms with E-state index in [0.29, 0.717) is 0 Å². The van der Waals surface area contributed by atoms with Gasteiger partial charge in [0.1, 0.15) is 213 Å². The third-order valence-electron chi connectivity index (χ3n) is 21.7. The lowest BCUT2D eigenvalue weighted by atomic mass is 9.88. The molecule has 9 rings (SSSR count). The summed E-state index contributed by atoms with van der Waals surface area (Å²) in [7, 11) is 0. The van der Waals surface area contributed by atoms with Gasteiger partial charge in [0.05, 0.1) is 71.6 Å². The summed E-state index contributed by atoms with van der Waals surface area (Å²) in [6, 6.07) is -9.34. The number of amides is 5. The molecule has 698 valence electrons. The van der Waals surface area contributed by atoms with Gasteiger partial charge < -0.3 is 240 Å². The third-order valence-corrected chi connectivity index (χ3v) is 21.7. The highest BCUT2D eigenvalue weighted by Gasteiger charge is 2.64. The first-order valence-corrected chi connectivity index (χ1v) is 38.3. The number of carbonyl (C=O) groups is 6. The number of nitrogens with one attached hydrogen (secondary N) is 5. The van der Waals surface area contributed by atoms with Gasteiger partial charge in [0.25, 0.3) is 5.79 Å². The maximum atomic E-state index is 13.2. The normalized spacial score (nSPS) is 46.6. The maximum Gasteiger partial charge on any atom is 0.364 e. The van der Waals surface area contributed by atoms with Crippen LogP contribution in [0.3, 0.4) is 0 Å². The Balaban J connectivity index is 0.921. The van der Waals surface area contributed by atoms with Crippen molar-refractivity contribution >= 4 is 35.5 Å². The van der Waals surface area contributed by atoms with Crippen molar-refractivity contribution < 1.29 is 242 Å². The first-order chi connectivity index (χ1) is 57.1. The van der Waals surface area contributed by atoms with Gasteiger partial charge in [-0.1, -0.05) is 0 Å². The molecule has 0 aliphatic carbocycles. The van der Waals surface area contributed by atoms with Gasteiger partial charge in [0, 0.05) is 41.0 Å². The van der Waals surface area contributed by atoms with Crippen LogP contribution in [0.15, 0.2) is 0 Å². The van der Waals surface area contributed by atoms with E-state index in [1.165, 1.54) is 0 Å². The van der Waals surface area contributed by atoms with Crippen molar-refractivity contribution in [3.8, 4) is 0 Å². The van der Waals surface area contributed by atoms with Crippen LogP contribution < -0.4 is 26.6 Å². The van der Waals surface area contributed by atoms with E-state index in [4.69, 9.17) is 80.5 Å². The van der Waals surface area contributed by atoms with E-state index in [1.54, 1.807) is 0 Å². The number of hydrogen-bond donors (Lipinski definition) is 31. The summed E-state index contributed by atoms with van der Waals surface area (Å²) in [5, 5.41) is 300. The first kappa shape index (κ1) is 99.9. The minimum absolute atomic E-state index is 0.873. The van der Waals surface area contributed by atoms with Gasteiger partial charge in [-0.3, -0.25) is 24.0 Å². The van der Waals surface area contributed by atoms with Crippen LogP contribution in [0.1, 0.15) is 41.0 Å². The molecule has 5 amide bonds. The lowest BCUT2D eigenvalue weighted by Crippen LogP contribution is -2.71. The van der Waals surface area contributed by atoms with Crippen LogP contribution in [-0.4, -0.2) is 509 Å². The van der Waals surface area contributed by atoms with Crippen molar-refractivity contribution in [2.75, 3.05) is 59.5 Å². The molecule has 9 aliphatic rings. The molecule has 54 heteroatoms. The highest BCUT2D eigenvalue weighted by Crippen LogP contribution is 2.42. The number of aliphatic hydroxyl groups excluding tert-OH is 25. The van der Waals surface area contributed by atoms with Crippen molar-refractivity contribution in [3.63, 3.8) is 0 Å². The molecule has 0 aromatic rings. The molecule has 0 radical (unpaired) electrons. The van der Waals surface area contributed by atoms with Crippen LogP contribution >= 0.6 is 0 Å². The number of aliphatic carboxylic acids is 1. The molecule has 0 bridgehead atoms. The summed E-state index contributed by atoms with van der Waals surface area (Å²) in [5.41, 5.74) is 0. The number of rotatable bonds is 33. The quantitative estimate of drug-likeness (QED) is 0.0290. The monoisotopic (exact) mass is 1770 g/mol. The molecule has 9 heterocycles. The molecule has 0 unspecified atom stereocenters.